The molecule has 1 N–H and O–H groups in total. The van der Waals surface area contributed by atoms with Gasteiger partial charge in [0.05, 0.1) is 5.56 Å². The summed E-state index contributed by atoms with van der Waals surface area (Å²) in [6, 6.07) is 11.8. The third-order valence-electron chi connectivity index (χ3n) is 5.17. The van der Waals surface area contributed by atoms with Gasteiger partial charge in [0.15, 0.2) is 0 Å². The molecule has 26 heavy (non-hydrogen) atoms. The Kier molecular flexibility index (Phi) is 4.91. The van der Waals surface area contributed by atoms with Crippen LogP contribution < -0.4 is 5.32 Å². The molecule has 5 rings (SSSR count). The average molecular weight is 364 g/mol. The maximum atomic E-state index is 12.6. The van der Waals surface area contributed by atoms with Crippen molar-refractivity contribution in [3.63, 3.8) is 0 Å². The van der Waals surface area contributed by atoms with Crippen molar-refractivity contribution >= 4 is 17.7 Å². The Labute approximate surface area is 157 Å². The molecule has 0 spiro atoms. The molecular formula is C20H20N4OS. The molecule has 3 aliphatic heterocycles. The van der Waals surface area contributed by atoms with E-state index in [1.54, 1.807) is 12.4 Å². The van der Waals surface area contributed by atoms with Gasteiger partial charge in [-0.2, -0.15) is 5.26 Å². The zero-order valence-corrected chi connectivity index (χ0v) is 15.2. The molecule has 2 bridgehead atoms. The highest BCUT2D eigenvalue weighted by atomic mass is 32.2. The van der Waals surface area contributed by atoms with Crippen LogP contribution in [0.4, 0.5) is 0 Å². The van der Waals surface area contributed by atoms with Gasteiger partial charge in [0.1, 0.15) is 6.07 Å². The van der Waals surface area contributed by atoms with Gasteiger partial charge in [0.2, 0.25) is 0 Å². The molecule has 1 atom stereocenters. The zero-order valence-electron chi connectivity index (χ0n) is 14.4. The van der Waals surface area contributed by atoms with Crippen LogP contribution in [0.15, 0.2) is 52.5 Å². The Morgan fingerprint density at radius 2 is 1.96 bits per heavy atom. The van der Waals surface area contributed by atoms with Gasteiger partial charge in [0.25, 0.3) is 5.91 Å². The van der Waals surface area contributed by atoms with Crippen molar-refractivity contribution in [2.45, 2.75) is 28.7 Å². The van der Waals surface area contributed by atoms with Crippen LogP contribution in [-0.2, 0) is 0 Å². The largest absolute Gasteiger partial charge is 0.348 e. The van der Waals surface area contributed by atoms with Crippen LogP contribution in [-0.4, -0.2) is 41.5 Å². The summed E-state index contributed by atoms with van der Waals surface area (Å²) in [5.74, 6) is 0.632. The van der Waals surface area contributed by atoms with Gasteiger partial charge in [0, 0.05) is 40.3 Å². The number of fused-ring (bicyclic) bond motifs is 3. The van der Waals surface area contributed by atoms with Crippen molar-refractivity contribution in [1.82, 2.24) is 15.2 Å². The van der Waals surface area contributed by atoms with E-state index in [9.17, 15) is 4.79 Å². The molecule has 1 amide bonds. The molecule has 132 valence electrons. The van der Waals surface area contributed by atoms with Gasteiger partial charge >= 0.3 is 0 Å². The van der Waals surface area contributed by atoms with Crippen molar-refractivity contribution in [1.29, 1.82) is 5.26 Å². The maximum Gasteiger partial charge on any atom is 0.251 e. The number of pyridine rings is 1. The van der Waals surface area contributed by atoms with E-state index in [-0.39, 0.29) is 11.9 Å². The first-order valence-corrected chi connectivity index (χ1v) is 9.69. The molecule has 1 aromatic heterocycles. The number of piperidine rings is 3. The van der Waals surface area contributed by atoms with Crippen molar-refractivity contribution in [3.05, 3.63) is 53.9 Å². The standard InChI is InChI=1S/C20H20N4OS/c21-10-14-9-18(12-22-11-14)26-17-3-1-16(2-4-17)20(25)23-19-13-24-7-5-15(19)6-8-24/h1-4,9,11-12,15,19H,5-8,13H2,(H,23,25)/t19-/m0/s1. The fourth-order valence-corrected chi connectivity index (χ4v) is 4.57. The summed E-state index contributed by atoms with van der Waals surface area (Å²) in [6.07, 6.45) is 5.66. The first-order valence-electron chi connectivity index (χ1n) is 8.87. The molecule has 0 radical (unpaired) electrons. The topological polar surface area (TPSA) is 69.0 Å². The molecule has 6 heteroatoms. The SMILES string of the molecule is N#Cc1cncc(Sc2ccc(C(=O)N[C@H]3CN4CCC3CC4)cc2)c1. The van der Waals surface area contributed by atoms with E-state index in [0.717, 1.165) is 16.3 Å². The predicted molar refractivity (Wildman–Crippen MR) is 99.9 cm³/mol. The highest BCUT2D eigenvalue weighted by Crippen LogP contribution is 2.29. The minimum Gasteiger partial charge on any atom is -0.348 e. The number of carbonyl (C=O) groups excluding carboxylic acids is 1. The zero-order chi connectivity index (χ0) is 17.9. The molecule has 1 aromatic carbocycles. The molecule has 0 unspecified atom stereocenters. The number of aromatic nitrogens is 1. The predicted octanol–water partition coefficient (Wildman–Crippen LogP) is 2.93. The lowest BCUT2D eigenvalue weighted by atomic mass is 9.84. The number of hydrogen-bond acceptors (Lipinski definition) is 5. The summed E-state index contributed by atoms with van der Waals surface area (Å²) >= 11 is 1.53. The van der Waals surface area contributed by atoms with E-state index >= 15 is 0 Å². The van der Waals surface area contributed by atoms with Crippen LogP contribution in [0.2, 0.25) is 0 Å². The lowest BCUT2D eigenvalue weighted by Crippen LogP contribution is -2.57. The minimum absolute atomic E-state index is 0.00782. The lowest BCUT2D eigenvalue weighted by molar-refractivity contribution is 0.0620. The smallest absolute Gasteiger partial charge is 0.251 e. The summed E-state index contributed by atoms with van der Waals surface area (Å²) in [6.45, 7) is 3.32. The summed E-state index contributed by atoms with van der Waals surface area (Å²) in [7, 11) is 0. The second kappa shape index (κ2) is 7.48. The van der Waals surface area contributed by atoms with Crippen LogP contribution >= 0.6 is 11.8 Å². The van der Waals surface area contributed by atoms with Gasteiger partial charge in [-0.05, 0) is 62.2 Å². The van der Waals surface area contributed by atoms with E-state index < -0.39 is 0 Å². The van der Waals surface area contributed by atoms with Gasteiger partial charge in [-0.3, -0.25) is 9.78 Å². The number of nitrogens with zero attached hydrogens (tertiary/aromatic N) is 3. The van der Waals surface area contributed by atoms with Gasteiger partial charge < -0.3 is 10.2 Å². The molecule has 2 aromatic rings. The Morgan fingerprint density at radius 1 is 1.19 bits per heavy atom. The highest BCUT2D eigenvalue weighted by Gasteiger charge is 2.34. The molecule has 3 aliphatic rings. The van der Waals surface area contributed by atoms with Gasteiger partial charge in [-0.25, -0.2) is 0 Å². The normalized spacial score (nSPS) is 24.0. The Morgan fingerprint density at radius 3 is 2.62 bits per heavy atom. The van der Waals surface area contributed by atoms with E-state index in [2.05, 4.69) is 21.3 Å². The van der Waals surface area contributed by atoms with Crippen LogP contribution in [0.1, 0.15) is 28.8 Å². The fraction of sp³-hybridized carbons (Fsp3) is 0.350. The third-order valence-corrected chi connectivity index (χ3v) is 6.13. The van der Waals surface area contributed by atoms with E-state index in [4.69, 9.17) is 5.26 Å². The van der Waals surface area contributed by atoms with Gasteiger partial charge in [-0.15, -0.1) is 0 Å². The monoisotopic (exact) mass is 364 g/mol. The number of nitriles is 1. The molecule has 4 heterocycles. The quantitative estimate of drug-likeness (QED) is 0.903. The Balaban J connectivity index is 1.39. The molecule has 0 saturated carbocycles. The third kappa shape index (κ3) is 3.74. The first kappa shape index (κ1) is 17.1. The van der Waals surface area contributed by atoms with Crippen molar-refractivity contribution in [3.8, 4) is 6.07 Å². The van der Waals surface area contributed by atoms with Crippen molar-refractivity contribution < 1.29 is 4.79 Å². The Hall–Kier alpha value is -2.36. The molecule has 5 nitrogen and oxygen atoms in total. The fourth-order valence-electron chi connectivity index (χ4n) is 3.73. The van der Waals surface area contributed by atoms with E-state index in [1.165, 1.54) is 37.7 Å². The first-order chi connectivity index (χ1) is 12.7. The second-order valence-electron chi connectivity index (χ2n) is 6.87. The molecular weight excluding hydrogens is 344 g/mol. The molecule has 0 aliphatic carbocycles. The number of amides is 1. The van der Waals surface area contributed by atoms with Crippen LogP contribution in [0.5, 0.6) is 0 Å². The highest BCUT2D eigenvalue weighted by molar-refractivity contribution is 7.99. The maximum absolute atomic E-state index is 12.6. The van der Waals surface area contributed by atoms with Crippen molar-refractivity contribution in [2.75, 3.05) is 19.6 Å². The number of benzene rings is 1. The Bertz CT molecular complexity index is 838. The summed E-state index contributed by atoms with van der Waals surface area (Å²) in [4.78, 5) is 21.0. The number of carbonyl (C=O) groups is 1. The molecule has 3 fully saturated rings. The second-order valence-corrected chi connectivity index (χ2v) is 8.01. The summed E-state index contributed by atoms with van der Waals surface area (Å²) in [5, 5.41) is 12.2. The summed E-state index contributed by atoms with van der Waals surface area (Å²) < 4.78 is 0. The summed E-state index contributed by atoms with van der Waals surface area (Å²) in [5.41, 5.74) is 1.23. The number of nitrogens with one attached hydrogen (secondary N) is 1. The van der Waals surface area contributed by atoms with E-state index in [0.29, 0.717) is 17.0 Å². The van der Waals surface area contributed by atoms with Gasteiger partial charge in [-0.1, -0.05) is 11.8 Å². The van der Waals surface area contributed by atoms with Crippen LogP contribution in [0.25, 0.3) is 0 Å². The minimum atomic E-state index is 0.00782. The van der Waals surface area contributed by atoms with Crippen LogP contribution in [0.3, 0.4) is 0 Å². The van der Waals surface area contributed by atoms with Crippen molar-refractivity contribution in [2.24, 2.45) is 5.92 Å². The molecule has 3 saturated heterocycles. The lowest BCUT2D eigenvalue weighted by Gasteiger charge is -2.44. The van der Waals surface area contributed by atoms with Crippen LogP contribution in [0, 0.1) is 17.2 Å². The van der Waals surface area contributed by atoms with E-state index in [1.807, 2.05) is 30.3 Å². The average Bonchev–Trinajstić information content (AvgIpc) is 2.69. The number of hydrogen-bond donors (Lipinski definition) is 1. The number of rotatable bonds is 4.